The first-order valence-corrected chi connectivity index (χ1v) is 14.7. The van der Waals surface area contributed by atoms with Gasteiger partial charge >= 0.3 is 5.97 Å². The molecular weight excluding hydrogens is 472 g/mol. The minimum absolute atomic E-state index is 0.00442. The van der Waals surface area contributed by atoms with E-state index in [0.29, 0.717) is 19.3 Å². The molecule has 0 bridgehead atoms. The van der Waals surface area contributed by atoms with Gasteiger partial charge < -0.3 is 28.8 Å². The van der Waals surface area contributed by atoms with Gasteiger partial charge in [0.05, 0.1) is 25.4 Å². The van der Waals surface area contributed by atoms with Crippen molar-refractivity contribution in [2.24, 2.45) is 11.8 Å². The van der Waals surface area contributed by atoms with Crippen molar-refractivity contribution < 1.29 is 33.6 Å². The number of methoxy groups -OCH3 is 1. The highest BCUT2D eigenvalue weighted by atomic mass is 16.7. The molecule has 0 aromatic rings. The maximum atomic E-state index is 11.4. The third-order valence-electron chi connectivity index (χ3n) is 7.78. The molecule has 212 valence electrons. The molecule has 2 saturated heterocycles. The van der Waals surface area contributed by atoms with Crippen LogP contribution in [0.2, 0.25) is 0 Å². The zero-order chi connectivity index (χ0) is 26.3. The fourth-order valence-corrected chi connectivity index (χ4v) is 5.59. The topological polar surface area (TPSA) is 83.5 Å². The van der Waals surface area contributed by atoms with Crippen LogP contribution in [0.15, 0.2) is 24.3 Å². The fraction of sp³-hybridized carbons (Fsp3) is 0.833. The number of esters is 1. The first-order valence-electron chi connectivity index (χ1n) is 14.7. The van der Waals surface area contributed by atoms with Crippen LogP contribution in [0, 0.1) is 11.8 Å². The average molecular weight is 523 g/mol. The number of ether oxygens (including phenoxy) is 5. The van der Waals surface area contributed by atoms with Crippen LogP contribution in [0.5, 0.6) is 0 Å². The monoisotopic (exact) mass is 522 g/mol. The summed E-state index contributed by atoms with van der Waals surface area (Å²) in [6.45, 7) is 3.72. The van der Waals surface area contributed by atoms with E-state index in [0.717, 1.165) is 71.0 Å². The van der Waals surface area contributed by atoms with Crippen molar-refractivity contribution >= 4 is 5.97 Å². The van der Waals surface area contributed by atoms with Crippen molar-refractivity contribution in [3.8, 4) is 0 Å². The molecule has 3 fully saturated rings. The Kier molecular flexibility index (Phi) is 14.2. The summed E-state index contributed by atoms with van der Waals surface area (Å²) < 4.78 is 29.3. The molecule has 7 nitrogen and oxygen atoms in total. The minimum Gasteiger partial charge on any atom is -0.469 e. The van der Waals surface area contributed by atoms with E-state index in [4.69, 9.17) is 23.7 Å². The lowest BCUT2D eigenvalue weighted by atomic mass is 9.89. The molecule has 2 unspecified atom stereocenters. The third kappa shape index (κ3) is 10.8. The normalized spacial score (nSPS) is 31.8. The van der Waals surface area contributed by atoms with Crippen molar-refractivity contribution in [3.05, 3.63) is 24.3 Å². The maximum Gasteiger partial charge on any atom is 0.305 e. The Bertz CT molecular complexity index is 681. The van der Waals surface area contributed by atoms with Crippen LogP contribution in [-0.2, 0) is 28.5 Å². The van der Waals surface area contributed by atoms with Gasteiger partial charge in [-0.15, -0.1) is 0 Å². The van der Waals surface area contributed by atoms with Gasteiger partial charge in [-0.25, -0.2) is 0 Å². The zero-order valence-corrected chi connectivity index (χ0v) is 23.1. The van der Waals surface area contributed by atoms with Gasteiger partial charge in [0, 0.05) is 32.0 Å². The van der Waals surface area contributed by atoms with Gasteiger partial charge in [-0.2, -0.15) is 0 Å². The number of aliphatic hydroxyl groups excluding tert-OH is 1. The van der Waals surface area contributed by atoms with E-state index >= 15 is 0 Å². The summed E-state index contributed by atoms with van der Waals surface area (Å²) in [5.41, 5.74) is 0. The molecule has 3 aliphatic rings. The van der Waals surface area contributed by atoms with Crippen molar-refractivity contribution in [2.45, 2.75) is 128 Å². The molecule has 1 N–H and O–H groups in total. The van der Waals surface area contributed by atoms with E-state index in [1.54, 1.807) is 0 Å². The lowest BCUT2D eigenvalue weighted by Crippen LogP contribution is -2.31. The van der Waals surface area contributed by atoms with Gasteiger partial charge in [0.25, 0.3) is 0 Å². The molecule has 0 spiro atoms. The second-order valence-electron chi connectivity index (χ2n) is 10.7. The highest BCUT2D eigenvalue weighted by molar-refractivity contribution is 5.69. The quantitative estimate of drug-likeness (QED) is 0.164. The molecule has 1 aliphatic carbocycles. The van der Waals surface area contributed by atoms with Crippen LogP contribution in [0.4, 0.5) is 0 Å². The summed E-state index contributed by atoms with van der Waals surface area (Å²) in [5, 5.41) is 11.0. The highest BCUT2D eigenvalue weighted by Gasteiger charge is 2.42. The molecule has 7 atom stereocenters. The molecule has 1 saturated carbocycles. The number of hydrogen-bond acceptors (Lipinski definition) is 7. The molecule has 3 rings (SSSR count). The summed E-state index contributed by atoms with van der Waals surface area (Å²) in [7, 11) is 1.41. The summed E-state index contributed by atoms with van der Waals surface area (Å²) in [4.78, 5) is 11.4. The SMILES string of the molecule is CCCCCC(/C=C/[C@@H]1[C@@H](C/C=C\CCC(=O)OC)[C@@H](O)C[C@H]1OC1CCCCO1)O[C@H]1CCCCO1. The smallest absolute Gasteiger partial charge is 0.305 e. The van der Waals surface area contributed by atoms with Gasteiger partial charge in [0.1, 0.15) is 0 Å². The molecule has 0 aromatic carbocycles. The van der Waals surface area contributed by atoms with Gasteiger partial charge in [-0.3, -0.25) is 4.79 Å². The minimum atomic E-state index is -0.449. The Morgan fingerprint density at radius 2 is 1.81 bits per heavy atom. The number of rotatable bonds is 15. The average Bonchev–Trinajstić information content (AvgIpc) is 3.21. The molecule has 7 heteroatoms. The number of carbonyl (C=O) groups excluding carboxylic acids is 1. The van der Waals surface area contributed by atoms with Crippen LogP contribution in [0.1, 0.15) is 96.8 Å². The third-order valence-corrected chi connectivity index (χ3v) is 7.78. The van der Waals surface area contributed by atoms with Gasteiger partial charge in [-0.05, 0) is 63.7 Å². The Hall–Kier alpha value is -1.25. The number of unbranched alkanes of at least 4 members (excludes halogenated alkanes) is 2. The zero-order valence-electron chi connectivity index (χ0n) is 23.1. The van der Waals surface area contributed by atoms with Crippen LogP contribution in [0.3, 0.4) is 0 Å². The van der Waals surface area contributed by atoms with Crippen LogP contribution < -0.4 is 0 Å². The van der Waals surface area contributed by atoms with Crippen molar-refractivity contribution in [1.82, 2.24) is 0 Å². The van der Waals surface area contributed by atoms with E-state index in [9.17, 15) is 9.90 Å². The van der Waals surface area contributed by atoms with E-state index in [1.807, 2.05) is 6.08 Å². The standard InChI is InChI=1S/C30H50O7/c1-3-4-6-13-23(36-29-16-9-11-20-34-29)18-19-25-24(14-7-5-8-15-28(32)33-2)26(31)22-27(25)37-30-17-10-12-21-35-30/h5,7,18-19,23-27,29-31H,3-4,6,8-17,20-22H2,1-2H3/b7-5-,19-18+/t23?,24-,25-,26+,27-,29+,30?/m1/s1. The molecule has 0 radical (unpaired) electrons. The van der Waals surface area contributed by atoms with Crippen LogP contribution in [-0.4, -0.2) is 62.3 Å². The molecule has 0 aromatic heterocycles. The summed E-state index contributed by atoms with van der Waals surface area (Å²) in [6.07, 6.45) is 20.7. The molecule has 0 amide bonds. The van der Waals surface area contributed by atoms with Gasteiger partial charge in [0.2, 0.25) is 0 Å². The molecule has 2 heterocycles. The molecule has 37 heavy (non-hydrogen) atoms. The lowest BCUT2D eigenvalue weighted by Gasteiger charge is -2.30. The lowest BCUT2D eigenvalue weighted by molar-refractivity contribution is -0.193. The second-order valence-corrected chi connectivity index (χ2v) is 10.7. The summed E-state index contributed by atoms with van der Waals surface area (Å²) in [5.74, 6) is -0.0971. The molecular formula is C30H50O7. The number of allylic oxidation sites excluding steroid dienone is 2. The van der Waals surface area contributed by atoms with Crippen molar-refractivity contribution in [3.63, 3.8) is 0 Å². The van der Waals surface area contributed by atoms with Crippen molar-refractivity contribution in [2.75, 3.05) is 20.3 Å². The highest BCUT2D eigenvalue weighted by Crippen LogP contribution is 2.39. The van der Waals surface area contributed by atoms with Crippen molar-refractivity contribution in [1.29, 1.82) is 0 Å². The summed E-state index contributed by atoms with van der Waals surface area (Å²) in [6, 6.07) is 0. The summed E-state index contributed by atoms with van der Waals surface area (Å²) >= 11 is 0. The molecule has 2 aliphatic heterocycles. The largest absolute Gasteiger partial charge is 0.469 e. The Labute approximate surface area is 223 Å². The predicted octanol–water partition coefficient (Wildman–Crippen LogP) is 5.84. The first-order chi connectivity index (χ1) is 18.1. The van der Waals surface area contributed by atoms with Gasteiger partial charge in [0.15, 0.2) is 12.6 Å². The fourth-order valence-electron chi connectivity index (χ4n) is 5.59. The Balaban J connectivity index is 1.67. The Morgan fingerprint density at radius 3 is 2.49 bits per heavy atom. The van der Waals surface area contributed by atoms with Crippen LogP contribution in [0.25, 0.3) is 0 Å². The van der Waals surface area contributed by atoms with E-state index < -0.39 is 6.10 Å². The Morgan fingerprint density at radius 1 is 1.05 bits per heavy atom. The maximum absolute atomic E-state index is 11.4. The first kappa shape index (κ1) is 30.3. The van der Waals surface area contributed by atoms with E-state index in [2.05, 4.69) is 25.2 Å². The van der Waals surface area contributed by atoms with Gasteiger partial charge in [-0.1, -0.05) is 50.5 Å². The second kappa shape index (κ2) is 17.4. The number of carbonyl (C=O) groups is 1. The number of aliphatic hydroxyl groups is 1. The van der Waals surface area contributed by atoms with Crippen LogP contribution >= 0.6 is 0 Å². The predicted molar refractivity (Wildman–Crippen MR) is 143 cm³/mol. The number of hydrogen-bond donors (Lipinski definition) is 1. The van der Waals surface area contributed by atoms with E-state index in [1.165, 1.54) is 20.0 Å². The van der Waals surface area contributed by atoms with E-state index in [-0.39, 0.29) is 42.6 Å².